The molecule has 2 heteroatoms. The van der Waals surface area contributed by atoms with Crippen molar-refractivity contribution in [2.45, 2.75) is 13.8 Å². The van der Waals surface area contributed by atoms with Gasteiger partial charge in [0.15, 0.2) is 0 Å². The topological polar surface area (TPSA) is 9.23 Å². The van der Waals surface area contributed by atoms with E-state index in [1.54, 1.807) is 0 Å². The zero-order valence-corrected chi connectivity index (χ0v) is 7.48. The third kappa shape index (κ3) is 2.12. The Bertz CT molecular complexity index is 245. The van der Waals surface area contributed by atoms with Crippen molar-refractivity contribution in [1.29, 1.82) is 0 Å². The Morgan fingerprint density at radius 3 is 2.73 bits per heavy atom. The van der Waals surface area contributed by atoms with Gasteiger partial charge in [-0.15, -0.1) is 0 Å². The Labute approximate surface area is 71.9 Å². The molecule has 0 heterocycles. The minimum atomic E-state index is 0.680. The SMILES string of the molecule is CCOc1ccc(C)c(Cl)c1. The van der Waals surface area contributed by atoms with Gasteiger partial charge >= 0.3 is 0 Å². The lowest BCUT2D eigenvalue weighted by Crippen LogP contribution is -1.90. The lowest BCUT2D eigenvalue weighted by molar-refractivity contribution is 0.340. The second-order valence-electron chi connectivity index (χ2n) is 2.34. The van der Waals surface area contributed by atoms with Crippen LogP contribution in [0.5, 0.6) is 5.75 Å². The molecular formula is C9H11ClO. The normalized spacial score (nSPS) is 9.73. The van der Waals surface area contributed by atoms with E-state index in [0.717, 1.165) is 16.3 Å². The van der Waals surface area contributed by atoms with E-state index >= 15 is 0 Å². The molecule has 0 N–H and O–H groups in total. The van der Waals surface area contributed by atoms with Gasteiger partial charge < -0.3 is 4.74 Å². The average molecular weight is 171 g/mol. The fourth-order valence-corrected chi connectivity index (χ4v) is 1.00. The maximum atomic E-state index is 5.87. The first-order valence-electron chi connectivity index (χ1n) is 3.63. The van der Waals surface area contributed by atoms with Crippen molar-refractivity contribution >= 4 is 11.6 Å². The lowest BCUT2D eigenvalue weighted by atomic mass is 10.2. The highest BCUT2D eigenvalue weighted by Gasteiger charge is 1.96. The standard InChI is InChI=1S/C9H11ClO/c1-3-11-8-5-4-7(2)9(10)6-8/h4-6H,3H2,1-2H3. The van der Waals surface area contributed by atoms with Gasteiger partial charge in [0, 0.05) is 5.02 Å². The van der Waals surface area contributed by atoms with Crippen molar-refractivity contribution in [1.82, 2.24) is 0 Å². The van der Waals surface area contributed by atoms with Crippen LogP contribution in [-0.4, -0.2) is 6.61 Å². The van der Waals surface area contributed by atoms with Crippen LogP contribution in [0.15, 0.2) is 18.2 Å². The van der Waals surface area contributed by atoms with Gasteiger partial charge in [-0.2, -0.15) is 0 Å². The summed E-state index contributed by atoms with van der Waals surface area (Å²) >= 11 is 5.87. The molecule has 1 aromatic carbocycles. The van der Waals surface area contributed by atoms with Crippen molar-refractivity contribution in [3.8, 4) is 5.75 Å². The van der Waals surface area contributed by atoms with Gasteiger partial charge in [0.05, 0.1) is 6.61 Å². The Morgan fingerprint density at radius 1 is 1.45 bits per heavy atom. The van der Waals surface area contributed by atoms with E-state index in [9.17, 15) is 0 Å². The van der Waals surface area contributed by atoms with E-state index in [2.05, 4.69) is 0 Å². The van der Waals surface area contributed by atoms with Crippen molar-refractivity contribution in [2.24, 2.45) is 0 Å². The van der Waals surface area contributed by atoms with Gasteiger partial charge in [0.25, 0.3) is 0 Å². The third-order valence-electron chi connectivity index (χ3n) is 1.45. The van der Waals surface area contributed by atoms with Crippen LogP contribution in [0, 0.1) is 6.92 Å². The average Bonchev–Trinajstić information content (AvgIpc) is 1.98. The number of ether oxygens (including phenoxy) is 1. The predicted molar refractivity (Wildman–Crippen MR) is 47.4 cm³/mol. The summed E-state index contributed by atoms with van der Waals surface area (Å²) in [6.45, 7) is 4.60. The molecule has 0 aliphatic rings. The molecule has 0 aliphatic carbocycles. The molecule has 0 amide bonds. The highest BCUT2D eigenvalue weighted by molar-refractivity contribution is 6.31. The number of hydrogen-bond acceptors (Lipinski definition) is 1. The Balaban J connectivity index is 2.86. The summed E-state index contributed by atoms with van der Waals surface area (Å²) in [5.74, 6) is 0.836. The molecule has 0 unspecified atom stereocenters. The summed E-state index contributed by atoms with van der Waals surface area (Å²) in [6, 6.07) is 5.71. The summed E-state index contributed by atoms with van der Waals surface area (Å²) in [5.41, 5.74) is 1.08. The largest absolute Gasteiger partial charge is 0.494 e. The smallest absolute Gasteiger partial charge is 0.120 e. The van der Waals surface area contributed by atoms with E-state index in [4.69, 9.17) is 16.3 Å². The van der Waals surface area contributed by atoms with Crippen LogP contribution in [0.2, 0.25) is 5.02 Å². The van der Waals surface area contributed by atoms with Gasteiger partial charge in [-0.1, -0.05) is 17.7 Å². The first kappa shape index (κ1) is 8.41. The maximum Gasteiger partial charge on any atom is 0.120 e. The first-order valence-corrected chi connectivity index (χ1v) is 4.00. The minimum absolute atomic E-state index is 0.680. The highest BCUT2D eigenvalue weighted by atomic mass is 35.5. The van der Waals surface area contributed by atoms with E-state index in [1.165, 1.54) is 0 Å². The fraction of sp³-hybridized carbons (Fsp3) is 0.333. The molecular weight excluding hydrogens is 160 g/mol. The summed E-state index contributed by atoms with van der Waals surface area (Å²) in [6.07, 6.45) is 0. The van der Waals surface area contributed by atoms with Gasteiger partial charge in [0.1, 0.15) is 5.75 Å². The molecule has 0 spiro atoms. The monoisotopic (exact) mass is 170 g/mol. The minimum Gasteiger partial charge on any atom is -0.494 e. The summed E-state index contributed by atoms with van der Waals surface area (Å²) in [5, 5.41) is 0.760. The molecule has 1 nitrogen and oxygen atoms in total. The van der Waals surface area contributed by atoms with E-state index in [1.807, 2.05) is 32.0 Å². The maximum absolute atomic E-state index is 5.87. The summed E-state index contributed by atoms with van der Waals surface area (Å²) in [7, 11) is 0. The molecule has 0 saturated carbocycles. The second kappa shape index (κ2) is 3.63. The third-order valence-corrected chi connectivity index (χ3v) is 1.86. The van der Waals surface area contributed by atoms with Crippen molar-refractivity contribution < 1.29 is 4.74 Å². The molecule has 0 fully saturated rings. The van der Waals surface area contributed by atoms with Crippen molar-refractivity contribution in [3.05, 3.63) is 28.8 Å². The lowest BCUT2D eigenvalue weighted by Gasteiger charge is -2.03. The molecule has 0 radical (unpaired) electrons. The molecule has 1 rings (SSSR count). The molecule has 0 atom stereocenters. The molecule has 0 aliphatic heterocycles. The van der Waals surface area contributed by atoms with Gasteiger partial charge in [-0.3, -0.25) is 0 Å². The van der Waals surface area contributed by atoms with Crippen molar-refractivity contribution in [2.75, 3.05) is 6.61 Å². The molecule has 1 aromatic rings. The van der Waals surface area contributed by atoms with Gasteiger partial charge in [-0.25, -0.2) is 0 Å². The summed E-state index contributed by atoms with van der Waals surface area (Å²) < 4.78 is 5.26. The quantitative estimate of drug-likeness (QED) is 0.663. The first-order chi connectivity index (χ1) is 5.24. The molecule has 60 valence electrons. The molecule has 0 saturated heterocycles. The van der Waals surface area contributed by atoms with Gasteiger partial charge in [-0.05, 0) is 31.5 Å². The zero-order valence-electron chi connectivity index (χ0n) is 6.73. The highest BCUT2D eigenvalue weighted by Crippen LogP contribution is 2.21. The van der Waals surface area contributed by atoms with Crippen LogP contribution in [0.25, 0.3) is 0 Å². The predicted octanol–water partition coefficient (Wildman–Crippen LogP) is 3.05. The van der Waals surface area contributed by atoms with Crippen LogP contribution >= 0.6 is 11.6 Å². The van der Waals surface area contributed by atoms with Crippen LogP contribution in [0.3, 0.4) is 0 Å². The number of aryl methyl sites for hydroxylation is 1. The van der Waals surface area contributed by atoms with E-state index in [0.29, 0.717) is 6.61 Å². The van der Waals surface area contributed by atoms with Crippen LogP contribution in [0.1, 0.15) is 12.5 Å². The van der Waals surface area contributed by atoms with E-state index < -0.39 is 0 Å². The molecule has 0 bridgehead atoms. The summed E-state index contributed by atoms with van der Waals surface area (Å²) in [4.78, 5) is 0. The van der Waals surface area contributed by atoms with Crippen LogP contribution in [-0.2, 0) is 0 Å². The Kier molecular flexibility index (Phi) is 2.77. The number of halogens is 1. The Hall–Kier alpha value is -0.690. The van der Waals surface area contributed by atoms with Crippen LogP contribution < -0.4 is 4.74 Å². The fourth-order valence-electron chi connectivity index (χ4n) is 0.830. The number of rotatable bonds is 2. The number of benzene rings is 1. The van der Waals surface area contributed by atoms with E-state index in [-0.39, 0.29) is 0 Å². The molecule has 11 heavy (non-hydrogen) atoms. The van der Waals surface area contributed by atoms with Crippen molar-refractivity contribution in [3.63, 3.8) is 0 Å². The second-order valence-corrected chi connectivity index (χ2v) is 2.75. The number of hydrogen-bond donors (Lipinski definition) is 0. The van der Waals surface area contributed by atoms with Gasteiger partial charge in [0.2, 0.25) is 0 Å². The molecule has 0 aromatic heterocycles. The van der Waals surface area contributed by atoms with Crippen LogP contribution in [0.4, 0.5) is 0 Å². The Morgan fingerprint density at radius 2 is 2.18 bits per heavy atom. The zero-order chi connectivity index (χ0) is 8.27.